The molecule has 0 atom stereocenters. The Kier molecular flexibility index (Phi) is 7.68. The molecule has 4 rings (SSSR count). The molecule has 0 N–H and O–H groups in total. The van der Waals surface area contributed by atoms with Gasteiger partial charge in [0, 0.05) is 61.6 Å². The quantitative estimate of drug-likeness (QED) is 0.445. The van der Waals surface area contributed by atoms with Crippen molar-refractivity contribution in [2.75, 3.05) is 27.4 Å². The summed E-state index contributed by atoms with van der Waals surface area (Å²) in [7, 11) is 3.27. The molecule has 0 aromatic heterocycles. The summed E-state index contributed by atoms with van der Waals surface area (Å²) in [5, 5.41) is 0.418. The van der Waals surface area contributed by atoms with Crippen LogP contribution in [0.3, 0.4) is 0 Å². The van der Waals surface area contributed by atoms with E-state index < -0.39 is 5.92 Å². The molecular formula is C27H34ClNO5. The third kappa shape index (κ3) is 4.63. The highest BCUT2D eigenvalue weighted by molar-refractivity contribution is 6.32. The van der Waals surface area contributed by atoms with Gasteiger partial charge in [0.15, 0.2) is 23.1 Å². The lowest BCUT2D eigenvalue weighted by atomic mass is 9.71. The van der Waals surface area contributed by atoms with Crippen LogP contribution in [0.15, 0.2) is 34.7 Å². The Morgan fingerprint density at radius 1 is 1.00 bits per heavy atom. The summed E-state index contributed by atoms with van der Waals surface area (Å²) >= 11 is 6.68. The average molecular weight is 488 g/mol. The van der Waals surface area contributed by atoms with Crippen molar-refractivity contribution in [3.63, 3.8) is 0 Å². The van der Waals surface area contributed by atoms with Gasteiger partial charge in [-0.15, -0.1) is 0 Å². The van der Waals surface area contributed by atoms with Gasteiger partial charge >= 0.3 is 0 Å². The number of halogens is 1. The van der Waals surface area contributed by atoms with Gasteiger partial charge < -0.3 is 19.1 Å². The summed E-state index contributed by atoms with van der Waals surface area (Å²) in [4.78, 5) is 29.0. The summed E-state index contributed by atoms with van der Waals surface area (Å²) in [5.74, 6) is 0.794. The summed E-state index contributed by atoms with van der Waals surface area (Å²) in [5.41, 5.74) is 4.41. The van der Waals surface area contributed by atoms with E-state index in [9.17, 15) is 9.59 Å². The number of hydrogen-bond donors (Lipinski definition) is 0. The Labute approximate surface area is 206 Å². The van der Waals surface area contributed by atoms with Crippen LogP contribution in [0.1, 0.15) is 70.3 Å². The predicted octanol–water partition coefficient (Wildman–Crippen LogP) is 5.59. The maximum Gasteiger partial charge on any atom is 0.180 e. The maximum atomic E-state index is 13.4. The number of nitrogens with zero attached hydrogens (tertiary/aromatic N) is 1. The van der Waals surface area contributed by atoms with Crippen molar-refractivity contribution < 1.29 is 23.8 Å². The van der Waals surface area contributed by atoms with Gasteiger partial charge in [-0.05, 0) is 63.6 Å². The molecule has 184 valence electrons. The molecule has 6 nitrogen and oxygen atoms in total. The molecule has 0 amide bonds. The van der Waals surface area contributed by atoms with E-state index in [1.807, 2.05) is 26.0 Å². The lowest BCUT2D eigenvalue weighted by Gasteiger charge is -2.44. The zero-order valence-corrected chi connectivity index (χ0v) is 21.3. The lowest BCUT2D eigenvalue weighted by Crippen LogP contribution is -2.39. The summed E-state index contributed by atoms with van der Waals surface area (Å²) in [6.45, 7) is 5.23. The fourth-order valence-electron chi connectivity index (χ4n) is 5.44. The Balaban J connectivity index is 1.89. The van der Waals surface area contributed by atoms with Gasteiger partial charge in [-0.1, -0.05) is 11.6 Å². The Morgan fingerprint density at radius 2 is 1.62 bits per heavy atom. The summed E-state index contributed by atoms with van der Waals surface area (Å²) < 4.78 is 16.8. The number of ether oxygens (including phenoxy) is 3. The standard InChI is InChI=1S/C27H34ClNO5/c1-16(2)34-27-18(28)14-17(15-23(27)33-4)24-25-19(8-5-10-21(25)30)29(12-7-13-32-3)20-9-6-11-22(31)26(20)24/h14-16,24H,5-13H2,1-4H3. The molecule has 1 heterocycles. The predicted molar refractivity (Wildman–Crippen MR) is 131 cm³/mol. The van der Waals surface area contributed by atoms with E-state index in [2.05, 4.69) is 4.90 Å². The summed E-state index contributed by atoms with van der Waals surface area (Å²) in [6.07, 6.45) is 5.06. The number of benzene rings is 1. The number of carbonyl (C=O) groups is 2. The molecule has 1 aromatic rings. The van der Waals surface area contributed by atoms with E-state index in [0.717, 1.165) is 66.8 Å². The van der Waals surface area contributed by atoms with Crippen LogP contribution >= 0.6 is 11.6 Å². The third-order valence-corrected chi connectivity index (χ3v) is 7.04. The maximum absolute atomic E-state index is 13.4. The van der Waals surface area contributed by atoms with E-state index in [-0.39, 0.29) is 17.7 Å². The Morgan fingerprint density at radius 3 is 2.15 bits per heavy atom. The van der Waals surface area contributed by atoms with E-state index in [4.69, 9.17) is 25.8 Å². The largest absolute Gasteiger partial charge is 0.493 e. The van der Waals surface area contributed by atoms with Crippen molar-refractivity contribution in [2.24, 2.45) is 0 Å². The molecule has 0 bridgehead atoms. The molecule has 0 fully saturated rings. The zero-order valence-electron chi connectivity index (χ0n) is 20.5. The zero-order chi connectivity index (χ0) is 24.4. The molecule has 7 heteroatoms. The van der Waals surface area contributed by atoms with Crippen LogP contribution < -0.4 is 9.47 Å². The Hall–Kier alpha value is -2.31. The number of Topliss-reactive ketones (excluding diaryl/α,β-unsaturated/α-hetero) is 2. The van der Waals surface area contributed by atoms with Crippen molar-refractivity contribution >= 4 is 23.2 Å². The molecule has 0 saturated carbocycles. The van der Waals surface area contributed by atoms with Crippen molar-refractivity contribution in [2.45, 2.75) is 70.8 Å². The highest BCUT2D eigenvalue weighted by Gasteiger charge is 2.43. The molecule has 0 unspecified atom stereocenters. The van der Waals surface area contributed by atoms with Crippen molar-refractivity contribution in [3.05, 3.63) is 45.3 Å². The van der Waals surface area contributed by atoms with Gasteiger partial charge in [0.1, 0.15) is 0 Å². The number of ketones is 2. The minimum Gasteiger partial charge on any atom is -0.493 e. The monoisotopic (exact) mass is 487 g/mol. The Bertz CT molecular complexity index is 998. The molecule has 0 radical (unpaired) electrons. The minimum absolute atomic E-state index is 0.0731. The van der Waals surface area contributed by atoms with E-state index in [1.165, 1.54) is 0 Å². The molecule has 2 aliphatic carbocycles. The van der Waals surface area contributed by atoms with Gasteiger partial charge in [-0.2, -0.15) is 0 Å². The second kappa shape index (κ2) is 10.5. The highest BCUT2D eigenvalue weighted by Crippen LogP contribution is 2.51. The third-order valence-electron chi connectivity index (χ3n) is 6.76. The van der Waals surface area contributed by atoms with Crippen LogP contribution in [0, 0.1) is 0 Å². The molecule has 3 aliphatic rings. The van der Waals surface area contributed by atoms with Gasteiger partial charge in [0.25, 0.3) is 0 Å². The normalized spacial score (nSPS) is 19.1. The first kappa shape index (κ1) is 24.8. The molecule has 1 aliphatic heterocycles. The first-order chi connectivity index (χ1) is 16.4. The highest BCUT2D eigenvalue weighted by atomic mass is 35.5. The van der Waals surface area contributed by atoms with Gasteiger partial charge in [0.05, 0.1) is 18.2 Å². The van der Waals surface area contributed by atoms with E-state index in [1.54, 1.807) is 14.2 Å². The van der Waals surface area contributed by atoms with Crippen molar-refractivity contribution in [3.8, 4) is 11.5 Å². The smallest absolute Gasteiger partial charge is 0.180 e. The van der Waals surface area contributed by atoms with Crippen LogP contribution in [0.4, 0.5) is 0 Å². The molecule has 0 spiro atoms. The van der Waals surface area contributed by atoms with Crippen LogP contribution in [0.25, 0.3) is 0 Å². The number of carbonyl (C=O) groups excluding carboxylic acids is 2. The SMILES string of the molecule is COCCCN1C2=C(C(=O)CCC2)C(c2cc(Cl)c(OC(C)C)c(OC)c2)C2=C1CCCC2=O. The first-order valence-electron chi connectivity index (χ1n) is 12.2. The van der Waals surface area contributed by atoms with Crippen LogP contribution in [0.2, 0.25) is 5.02 Å². The lowest BCUT2D eigenvalue weighted by molar-refractivity contribution is -0.117. The van der Waals surface area contributed by atoms with Gasteiger partial charge in [-0.25, -0.2) is 0 Å². The van der Waals surface area contributed by atoms with Gasteiger partial charge in [0.2, 0.25) is 0 Å². The number of allylic oxidation sites excluding steroid dienone is 4. The number of methoxy groups -OCH3 is 2. The first-order valence-corrected chi connectivity index (χ1v) is 12.6. The molecule has 0 saturated heterocycles. The van der Waals surface area contributed by atoms with Crippen molar-refractivity contribution in [1.29, 1.82) is 0 Å². The fourth-order valence-corrected chi connectivity index (χ4v) is 5.71. The topological polar surface area (TPSA) is 65.1 Å². The number of hydrogen-bond acceptors (Lipinski definition) is 6. The fraction of sp³-hybridized carbons (Fsp3) is 0.556. The van der Waals surface area contributed by atoms with Crippen molar-refractivity contribution in [1.82, 2.24) is 4.90 Å². The molecular weight excluding hydrogens is 454 g/mol. The average Bonchev–Trinajstić information content (AvgIpc) is 2.80. The van der Waals surface area contributed by atoms with Gasteiger partial charge in [-0.3, -0.25) is 9.59 Å². The minimum atomic E-state index is -0.427. The summed E-state index contributed by atoms with van der Waals surface area (Å²) in [6, 6.07) is 3.72. The van der Waals surface area contributed by atoms with Crippen LogP contribution in [-0.4, -0.2) is 49.9 Å². The molecule has 1 aromatic carbocycles. The molecule has 34 heavy (non-hydrogen) atoms. The van der Waals surface area contributed by atoms with Crippen LogP contribution in [0.5, 0.6) is 11.5 Å². The van der Waals surface area contributed by atoms with E-state index in [0.29, 0.717) is 36.0 Å². The second-order valence-corrected chi connectivity index (χ2v) is 9.81. The van der Waals surface area contributed by atoms with E-state index >= 15 is 0 Å². The number of rotatable bonds is 8. The second-order valence-electron chi connectivity index (χ2n) is 9.41. The van der Waals surface area contributed by atoms with Crippen LogP contribution in [-0.2, 0) is 14.3 Å².